The normalized spacial score (nSPS) is 13.9. The molecule has 2 heterocycles. The van der Waals surface area contributed by atoms with E-state index in [0.717, 1.165) is 5.39 Å². The molecule has 0 atom stereocenters. The minimum absolute atomic E-state index is 0.0960. The Morgan fingerprint density at radius 1 is 1.07 bits per heavy atom. The summed E-state index contributed by atoms with van der Waals surface area (Å²) < 4.78 is 44.9. The van der Waals surface area contributed by atoms with Gasteiger partial charge in [0.25, 0.3) is 5.91 Å². The standard InChI is InChI=1S/C28H24ClF3N6O3/c1-33-24-18-5-4-17(13-21(18)37-23(38-24)16-7-10-34-22(12-16)41-2)36-25(39)19-11-15(3-6-20(19)29)14-35-26(40)27(8-9-27)28(30,31)32/h3-7,10-13H,8-9,14H2,1-2H3,(H,35,40)(H,36,39)(H,33,37,38). The summed E-state index contributed by atoms with van der Waals surface area (Å²) in [5.74, 6) is -0.213. The molecule has 5 rings (SSSR count). The maximum Gasteiger partial charge on any atom is 0.403 e. The molecule has 212 valence electrons. The first-order chi connectivity index (χ1) is 19.5. The van der Waals surface area contributed by atoms with Crippen LogP contribution in [0.1, 0.15) is 28.8 Å². The largest absolute Gasteiger partial charge is 0.481 e. The predicted molar refractivity (Wildman–Crippen MR) is 148 cm³/mol. The molecule has 1 aliphatic carbocycles. The molecule has 9 nitrogen and oxygen atoms in total. The molecular weight excluding hydrogens is 561 g/mol. The first-order valence-corrected chi connectivity index (χ1v) is 12.9. The third kappa shape index (κ3) is 5.60. The first kappa shape index (κ1) is 28.1. The van der Waals surface area contributed by atoms with Crippen molar-refractivity contribution < 1.29 is 27.5 Å². The molecule has 1 aliphatic rings. The number of methoxy groups -OCH3 is 1. The van der Waals surface area contributed by atoms with Crippen LogP contribution in [0.4, 0.5) is 24.7 Å². The number of hydrogen-bond acceptors (Lipinski definition) is 7. The van der Waals surface area contributed by atoms with E-state index in [4.69, 9.17) is 16.3 Å². The van der Waals surface area contributed by atoms with Crippen LogP contribution in [-0.4, -0.2) is 47.1 Å². The number of amides is 2. The summed E-state index contributed by atoms with van der Waals surface area (Å²) in [7, 11) is 3.25. The van der Waals surface area contributed by atoms with Gasteiger partial charge in [-0.1, -0.05) is 17.7 Å². The van der Waals surface area contributed by atoms with Crippen LogP contribution in [0.25, 0.3) is 22.3 Å². The van der Waals surface area contributed by atoms with Gasteiger partial charge in [0, 0.05) is 42.5 Å². The van der Waals surface area contributed by atoms with Crippen molar-refractivity contribution in [3.63, 3.8) is 0 Å². The zero-order valence-electron chi connectivity index (χ0n) is 21.9. The van der Waals surface area contributed by atoms with Crippen LogP contribution in [0.15, 0.2) is 54.7 Å². The van der Waals surface area contributed by atoms with E-state index in [1.54, 1.807) is 43.6 Å². The average molecular weight is 585 g/mol. The number of hydrogen-bond donors (Lipinski definition) is 3. The molecule has 0 unspecified atom stereocenters. The fourth-order valence-electron chi connectivity index (χ4n) is 4.36. The van der Waals surface area contributed by atoms with Crippen LogP contribution in [-0.2, 0) is 11.3 Å². The number of ether oxygens (including phenoxy) is 1. The number of nitrogens with zero attached hydrogens (tertiary/aromatic N) is 3. The molecule has 41 heavy (non-hydrogen) atoms. The number of halogens is 4. The second kappa shape index (κ2) is 10.8. The van der Waals surface area contributed by atoms with Crippen LogP contribution in [0.3, 0.4) is 0 Å². The zero-order valence-corrected chi connectivity index (χ0v) is 22.7. The summed E-state index contributed by atoms with van der Waals surface area (Å²) in [5, 5.41) is 9.03. The summed E-state index contributed by atoms with van der Waals surface area (Å²) >= 11 is 6.27. The molecule has 1 fully saturated rings. The smallest absolute Gasteiger partial charge is 0.403 e. The van der Waals surface area contributed by atoms with Gasteiger partial charge >= 0.3 is 6.18 Å². The number of alkyl halides is 3. The number of benzene rings is 2. The van der Waals surface area contributed by atoms with Crippen molar-refractivity contribution in [2.24, 2.45) is 5.41 Å². The van der Waals surface area contributed by atoms with Crippen molar-refractivity contribution >= 4 is 45.8 Å². The molecule has 0 radical (unpaired) electrons. The van der Waals surface area contributed by atoms with E-state index in [0.29, 0.717) is 39.9 Å². The summed E-state index contributed by atoms with van der Waals surface area (Å²) in [6.07, 6.45) is -3.49. The molecule has 2 amide bonds. The fourth-order valence-corrected chi connectivity index (χ4v) is 4.56. The van der Waals surface area contributed by atoms with Crippen LogP contribution in [0.2, 0.25) is 5.02 Å². The maximum atomic E-state index is 13.2. The van der Waals surface area contributed by atoms with Gasteiger partial charge in [-0.3, -0.25) is 9.59 Å². The lowest BCUT2D eigenvalue weighted by molar-refractivity contribution is -0.192. The maximum absolute atomic E-state index is 13.2. The lowest BCUT2D eigenvalue weighted by Crippen LogP contribution is -2.40. The van der Waals surface area contributed by atoms with Gasteiger partial charge in [0.2, 0.25) is 11.8 Å². The van der Waals surface area contributed by atoms with E-state index in [-0.39, 0.29) is 30.0 Å². The van der Waals surface area contributed by atoms with Crippen molar-refractivity contribution in [3.8, 4) is 17.3 Å². The summed E-state index contributed by atoms with van der Waals surface area (Å²) in [4.78, 5) is 38.7. The number of carbonyl (C=O) groups is 2. The van der Waals surface area contributed by atoms with Crippen molar-refractivity contribution in [3.05, 3.63) is 70.9 Å². The molecule has 0 saturated heterocycles. The highest BCUT2D eigenvalue weighted by atomic mass is 35.5. The number of aromatic nitrogens is 3. The van der Waals surface area contributed by atoms with E-state index in [9.17, 15) is 22.8 Å². The molecule has 4 aromatic rings. The Bertz CT molecular complexity index is 1660. The van der Waals surface area contributed by atoms with E-state index < -0.39 is 23.4 Å². The number of carbonyl (C=O) groups excluding carboxylic acids is 2. The van der Waals surface area contributed by atoms with E-state index in [2.05, 4.69) is 30.9 Å². The van der Waals surface area contributed by atoms with Gasteiger partial charge in [-0.15, -0.1) is 0 Å². The van der Waals surface area contributed by atoms with Crippen molar-refractivity contribution in [1.29, 1.82) is 0 Å². The van der Waals surface area contributed by atoms with E-state index in [1.807, 2.05) is 0 Å². The number of anilines is 2. The van der Waals surface area contributed by atoms with Crippen molar-refractivity contribution in [2.75, 3.05) is 24.8 Å². The average Bonchev–Trinajstić information content (AvgIpc) is 3.78. The Hall–Kier alpha value is -4.45. The van der Waals surface area contributed by atoms with Crippen molar-refractivity contribution in [1.82, 2.24) is 20.3 Å². The highest BCUT2D eigenvalue weighted by Gasteiger charge is 2.68. The molecule has 3 N–H and O–H groups in total. The summed E-state index contributed by atoms with van der Waals surface area (Å²) in [6.45, 7) is -0.184. The van der Waals surface area contributed by atoms with Gasteiger partial charge in [-0.25, -0.2) is 15.0 Å². The number of fused-ring (bicyclic) bond motifs is 1. The number of pyridine rings is 1. The van der Waals surface area contributed by atoms with Gasteiger partial charge in [0.1, 0.15) is 11.2 Å². The van der Waals surface area contributed by atoms with Gasteiger partial charge in [0.05, 0.1) is 23.2 Å². The molecule has 2 aromatic heterocycles. The minimum Gasteiger partial charge on any atom is -0.481 e. The van der Waals surface area contributed by atoms with Crippen LogP contribution in [0, 0.1) is 5.41 Å². The summed E-state index contributed by atoms with van der Waals surface area (Å²) in [6, 6.07) is 13.0. The van der Waals surface area contributed by atoms with Gasteiger partial charge in [-0.05, 0) is 54.8 Å². The lowest BCUT2D eigenvalue weighted by Gasteiger charge is -2.18. The van der Waals surface area contributed by atoms with E-state index >= 15 is 0 Å². The first-order valence-electron chi connectivity index (χ1n) is 12.5. The Balaban J connectivity index is 1.36. The molecule has 0 spiro atoms. The van der Waals surface area contributed by atoms with Gasteiger partial charge in [-0.2, -0.15) is 13.2 Å². The Morgan fingerprint density at radius 3 is 2.54 bits per heavy atom. The molecule has 2 aromatic carbocycles. The SMILES string of the molecule is CNc1nc(-c2ccnc(OC)c2)nc2cc(NC(=O)c3cc(CNC(=O)C4(C(F)(F)F)CC4)ccc3Cl)ccc12. The highest BCUT2D eigenvalue weighted by Crippen LogP contribution is 2.57. The predicted octanol–water partition coefficient (Wildman–Crippen LogP) is 5.61. The van der Waals surface area contributed by atoms with Crippen LogP contribution >= 0.6 is 11.6 Å². The van der Waals surface area contributed by atoms with Crippen LogP contribution < -0.4 is 20.7 Å². The number of nitrogens with one attached hydrogen (secondary N) is 3. The molecule has 1 saturated carbocycles. The molecule has 0 bridgehead atoms. The van der Waals surface area contributed by atoms with Crippen molar-refractivity contribution in [2.45, 2.75) is 25.6 Å². The Morgan fingerprint density at radius 2 is 1.85 bits per heavy atom. The Kier molecular flexibility index (Phi) is 7.43. The number of rotatable bonds is 8. The molecular formula is C28H24ClF3N6O3. The summed E-state index contributed by atoms with van der Waals surface area (Å²) in [5.41, 5.74) is -0.142. The second-order valence-corrected chi connectivity index (χ2v) is 9.90. The quantitative estimate of drug-likeness (QED) is 0.246. The highest BCUT2D eigenvalue weighted by molar-refractivity contribution is 6.34. The molecule has 0 aliphatic heterocycles. The van der Waals surface area contributed by atoms with E-state index in [1.165, 1.54) is 25.3 Å². The molecule has 13 heteroatoms. The minimum atomic E-state index is -4.60. The lowest BCUT2D eigenvalue weighted by atomic mass is 10.1. The third-order valence-corrected chi connectivity index (χ3v) is 7.18. The monoisotopic (exact) mass is 584 g/mol. The topological polar surface area (TPSA) is 118 Å². The second-order valence-electron chi connectivity index (χ2n) is 9.50. The zero-order chi connectivity index (χ0) is 29.4. The van der Waals surface area contributed by atoms with Gasteiger partial charge < -0.3 is 20.7 Å². The van der Waals surface area contributed by atoms with Gasteiger partial charge in [0.15, 0.2) is 5.82 Å². The third-order valence-electron chi connectivity index (χ3n) is 6.85. The van der Waals surface area contributed by atoms with Crippen LogP contribution in [0.5, 0.6) is 5.88 Å². The Labute approximate surface area is 237 Å². The fraction of sp³-hybridized carbons (Fsp3) is 0.250.